The Balaban J connectivity index is 1.43. The number of carbonyl (C=O) groups excluding carboxylic acids is 2. The summed E-state index contributed by atoms with van der Waals surface area (Å²) in [6.07, 6.45) is 4.59. The molecule has 3 aromatic rings. The lowest BCUT2D eigenvalue weighted by atomic mass is 10.1. The lowest BCUT2D eigenvalue weighted by Crippen LogP contribution is -2.27. The topological polar surface area (TPSA) is 124 Å². The number of amides is 2. The molecule has 8 nitrogen and oxygen atoms in total. The Morgan fingerprint density at radius 2 is 1.52 bits per heavy atom. The number of aryl methyl sites for hydroxylation is 1. The number of aromatic hydroxyl groups is 2. The summed E-state index contributed by atoms with van der Waals surface area (Å²) in [7, 11) is 0. The highest BCUT2D eigenvalue weighted by atomic mass is 16.3. The van der Waals surface area contributed by atoms with Crippen LogP contribution in [0.5, 0.6) is 11.5 Å². The van der Waals surface area contributed by atoms with Gasteiger partial charge in [0.2, 0.25) is 0 Å². The van der Waals surface area contributed by atoms with Crippen LogP contribution >= 0.6 is 0 Å². The third kappa shape index (κ3) is 5.79. The van der Waals surface area contributed by atoms with Crippen molar-refractivity contribution < 1.29 is 19.8 Å². The summed E-state index contributed by atoms with van der Waals surface area (Å²) in [5.41, 5.74) is 2.93. The van der Waals surface area contributed by atoms with E-state index in [-0.39, 0.29) is 17.2 Å². The molecule has 0 aliphatic rings. The lowest BCUT2D eigenvalue weighted by Gasteiger charge is -2.09. The van der Waals surface area contributed by atoms with E-state index >= 15 is 0 Å². The average Bonchev–Trinajstić information content (AvgIpc) is 2.77. The fraction of sp³-hybridized carbons (Fsp3) is 0.217. The second-order valence-electron chi connectivity index (χ2n) is 7.04. The van der Waals surface area contributed by atoms with Crippen molar-refractivity contribution in [1.29, 1.82) is 0 Å². The smallest absolute Gasteiger partial charge is 0.255 e. The summed E-state index contributed by atoms with van der Waals surface area (Å²) in [4.78, 5) is 33.0. The normalized spacial score (nSPS) is 10.5. The Kier molecular flexibility index (Phi) is 7.16. The van der Waals surface area contributed by atoms with Gasteiger partial charge in [-0.05, 0) is 61.7 Å². The van der Waals surface area contributed by atoms with Crippen molar-refractivity contribution in [2.75, 3.05) is 13.1 Å². The van der Waals surface area contributed by atoms with Gasteiger partial charge in [-0.3, -0.25) is 19.6 Å². The first-order valence-corrected chi connectivity index (χ1v) is 9.92. The number of hydrogen-bond donors (Lipinski definition) is 4. The van der Waals surface area contributed by atoms with Gasteiger partial charge in [-0.2, -0.15) is 0 Å². The molecule has 0 bridgehead atoms. The number of pyridine rings is 2. The summed E-state index contributed by atoms with van der Waals surface area (Å²) in [5.74, 6) is -1.45. The Hall–Kier alpha value is -3.94. The minimum Gasteiger partial charge on any atom is -0.504 e. The molecule has 0 aliphatic carbocycles. The van der Waals surface area contributed by atoms with Crippen molar-refractivity contribution in [3.05, 3.63) is 71.5 Å². The summed E-state index contributed by atoms with van der Waals surface area (Å²) in [5, 5.41) is 24.7. The minimum atomic E-state index is -0.466. The molecule has 31 heavy (non-hydrogen) atoms. The van der Waals surface area contributed by atoms with E-state index < -0.39 is 11.7 Å². The van der Waals surface area contributed by atoms with E-state index in [9.17, 15) is 19.8 Å². The van der Waals surface area contributed by atoms with Crippen LogP contribution in [0.1, 0.15) is 39.1 Å². The standard InChI is InChI=1S/C23H24N4O4/c1-15-7-11-24-18(13-15)19-14-16(8-12-25-19)22(30)26-9-2-3-10-27-23(31)17-5-4-6-20(28)21(17)29/h4-8,11-14,28-29H,2-3,9-10H2,1H3,(H,26,30)(H,27,31). The van der Waals surface area contributed by atoms with Crippen LogP contribution < -0.4 is 10.6 Å². The molecule has 0 atom stereocenters. The highest BCUT2D eigenvalue weighted by molar-refractivity contribution is 5.97. The molecule has 0 saturated heterocycles. The second-order valence-corrected chi connectivity index (χ2v) is 7.04. The van der Waals surface area contributed by atoms with E-state index in [1.165, 1.54) is 18.2 Å². The number of aromatic nitrogens is 2. The number of phenols is 2. The first-order valence-electron chi connectivity index (χ1n) is 9.92. The zero-order valence-corrected chi connectivity index (χ0v) is 17.1. The van der Waals surface area contributed by atoms with E-state index in [4.69, 9.17) is 0 Å². The van der Waals surface area contributed by atoms with E-state index in [1.807, 2.05) is 19.1 Å². The molecule has 2 aromatic heterocycles. The van der Waals surface area contributed by atoms with Crippen molar-refractivity contribution in [3.8, 4) is 22.9 Å². The molecule has 4 N–H and O–H groups in total. The fourth-order valence-electron chi connectivity index (χ4n) is 2.95. The van der Waals surface area contributed by atoms with Gasteiger partial charge in [0.15, 0.2) is 11.5 Å². The lowest BCUT2D eigenvalue weighted by molar-refractivity contribution is 0.0937. The van der Waals surface area contributed by atoms with Crippen LogP contribution in [0, 0.1) is 6.92 Å². The third-order valence-electron chi connectivity index (χ3n) is 4.63. The maximum absolute atomic E-state index is 12.4. The Labute approximate surface area is 180 Å². The number of rotatable bonds is 8. The molecular formula is C23H24N4O4. The summed E-state index contributed by atoms with van der Waals surface area (Å²) in [6.45, 7) is 2.80. The van der Waals surface area contributed by atoms with Crippen LogP contribution in [0.15, 0.2) is 54.9 Å². The molecule has 1 aromatic carbocycles. The fourth-order valence-corrected chi connectivity index (χ4v) is 2.95. The molecule has 0 unspecified atom stereocenters. The Bertz CT molecular complexity index is 1080. The third-order valence-corrected chi connectivity index (χ3v) is 4.63. The number of para-hydroxylation sites is 1. The van der Waals surface area contributed by atoms with E-state index in [0.29, 0.717) is 42.9 Å². The SMILES string of the molecule is Cc1ccnc(-c2cc(C(=O)NCCCCNC(=O)c3cccc(O)c3O)ccn2)c1. The van der Waals surface area contributed by atoms with Gasteiger partial charge >= 0.3 is 0 Å². The molecule has 8 heteroatoms. The first-order chi connectivity index (χ1) is 15.0. The second kappa shape index (κ2) is 10.2. The van der Waals surface area contributed by atoms with Crippen molar-refractivity contribution >= 4 is 11.8 Å². The van der Waals surface area contributed by atoms with Gasteiger partial charge < -0.3 is 20.8 Å². The number of phenolic OH excluding ortho intramolecular Hbond substituents is 2. The van der Waals surface area contributed by atoms with Gasteiger partial charge in [-0.25, -0.2) is 0 Å². The van der Waals surface area contributed by atoms with E-state index in [2.05, 4.69) is 20.6 Å². The number of unbranched alkanes of at least 4 members (excludes halogenated alkanes) is 1. The van der Waals surface area contributed by atoms with Crippen LogP contribution in [-0.2, 0) is 0 Å². The highest BCUT2D eigenvalue weighted by Crippen LogP contribution is 2.27. The number of hydrogen-bond acceptors (Lipinski definition) is 6. The number of nitrogens with one attached hydrogen (secondary N) is 2. The maximum atomic E-state index is 12.4. The molecule has 2 heterocycles. The van der Waals surface area contributed by atoms with Crippen LogP contribution in [0.4, 0.5) is 0 Å². The number of benzene rings is 1. The zero-order chi connectivity index (χ0) is 22.2. The van der Waals surface area contributed by atoms with E-state index in [1.54, 1.807) is 24.5 Å². The molecule has 0 spiro atoms. The van der Waals surface area contributed by atoms with Crippen LogP contribution in [0.25, 0.3) is 11.4 Å². The molecule has 0 aliphatic heterocycles. The van der Waals surface area contributed by atoms with Gasteiger partial charge in [0.05, 0.1) is 17.0 Å². The minimum absolute atomic E-state index is 0.0184. The highest BCUT2D eigenvalue weighted by Gasteiger charge is 2.13. The van der Waals surface area contributed by atoms with Crippen LogP contribution in [0.2, 0.25) is 0 Å². The van der Waals surface area contributed by atoms with Crippen molar-refractivity contribution in [3.63, 3.8) is 0 Å². The summed E-state index contributed by atoms with van der Waals surface area (Å²) < 4.78 is 0. The van der Waals surface area contributed by atoms with Gasteiger partial charge in [0.25, 0.3) is 11.8 Å². The van der Waals surface area contributed by atoms with Crippen LogP contribution in [-0.4, -0.2) is 45.1 Å². The molecule has 0 saturated carbocycles. The molecule has 0 radical (unpaired) electrons. The molecule has 2 amide bonds. The first kappa shape index (κ1) is 21.8. The quantitative estimate of drug-likeness (QED) is 0.328. The van der Waals surface area contributed by atoms with Gasteiger partial charge in [0.1, 0.15) is 0 Å². The Morgan fingerprint density at radius 1 is 0.871 bits per heavy atom. The van der Waals surface area contributed by atoms with Crippen molar-refractivity contribution in [1.82, 2.24) is 20.6 Å². The van der Waals surface area contributed by atoms with Crippen molar-refractivity contribution in [2.24, 2.45) is 0 Å². The predicted octanol–water partition coefficient (Wildman–Crippen LogP) is 2.80. The van der Waals surface area contributed by atoms with Gasteiger partial charge in [-0.15, -0.1) is 0 Å². The summed E-state index contributed by atoms with van der Waals surface area (Å²) >= 11 is 0. The van der Waals surface area contributed by atoms with Gasteiger partial charge in [0, 0.05) is 31.0 Å². The monoisotopic (exact) mass is 420 g/mol. The average molecular weight is 420 g/mol. The maximum Gasteiger partial charge on any atom is 0.255 e. The number of nitrogens with zero attached hydrogens (tertiary/aromatic N) is 2. The van der Waals surface area contributed by atoms with Gasteiger partial charge in [-0.1, -0.05) is 6.07 Å². The number of carbonyl (C=O) groups is 2. The largest absolute Gasteiger partial charge is 0.504 e. The molecular weight excluding hydrogens is 396 g/mol. The van der Waals surface area contributed by atoms with Crippen molar-refractivity contribution in [2.45, 2.75) is 19.8 Å². The Morgan fingerprint density at radius 3 is 2.23 bits per heavy atom. The predicted molar refractivity (Wildman–Crippen MR) is 116 cm³/mol. The molecule has 3 rings (SSSR count). The van der Waals surface area contributed by atoms with Crippen LogP contribution in [0.3, 0.4) is 0 Å². The summed E-state index contributed by atoms with van der Waals surface area (Å²) in [6, 6.07) is 11.4. The zero-order valence-electron chi connectivity index (χ0n) is 17.1. The molecule has 0 fully saturated rings. The molecule has 160 valence electrons. The van der Waals surface area contributed by atoms with E-state index in [0.717, 1.165) is 5.56 Å².